The molecule has 128 valence electrons. The van der Waals surface area contributed by atoms with Crippen molar-refractivity contribution < 1.29 is 9.51 Å². The molecule has 0 saturated heterocycles. The Morgan fingerprint density at radius 1 is 1.08 bits per heavy atom. The lowest BCUT2D eigenvalue weighted by molar-refractivity contribution is 0.176. The standard InChI is InChI=1S/C18H26BN3O2/c20-23-19(24-21)13-6-5-7-14(12-13)22-17-10-3-1-8-15(17)16-9-2-4-11-18(16)22/h3-5,7,10-11,13-15,17H,1-2,6,8-9,12,20-21H2. The zero-order chi connectivity index (χ0) is 16.5. The fourth-order valence-electron chi connectivity index (χ4n) is 4.92. The number of nitrogens with two attached hydrogens (primary N) is 2. The maximum absolute atomic E-state index is 5.35. The van der Waals surface area contributed by atoms with Gasteiger partial charge in [-0.05, 0) is 50.2 Å². The van der Waals surface area contributed by atoms with Crippen LogP contribution in [-0.2, 0) is 9.51 Å². The van der Waals surface area contributed by atoms with Crippen LogP contribution in [0.3, 0.4) is 0 Å². The van der Waals surface area contributed by atoms with Gasteiger partial charge in [0.2, 0.25) is 0 Å². The van der Waals surface area contributed by atoms with Crippen LogP contribution in [0.2, 0.25) is 5.82 Å². The molecule has 4 unspecified atom stereocenters. The Morgan fingerprint density at radius 2 is 1.96 bits per heavy atom. The molecule has 0 radical (unpaired) electrons. The van der Waals surface area contributed by atoms with Crippen molar-refractivity contribution in [3.63, 3.8) is 0 Å². The number of hydrogen-bond donors (Lipinski definition) is 2. The molecule has 4 N–H and O–H groups in total. The summed E-state index contributed by atoms with van der Waals surface area (Å²) in [5.74, 6) is 11.6. The van der Waals surface area contributed by atoms with E-state index < -0.39 is 7.12 Å². The van der Waals surface area contributed by atoms with Gasteiger partial charge >= 0.3 is 7.12 Å². The van der Waals surface area contributed by atoms with Crippen LogP contribution >= 0.6 is 0 Å². The molecule has 0 bridgehead atoms. The number of hydrogen-bond acceptors (Lipinski definition) is 5. The van der Waals surface area contributed by atoms with E-state index in [2.05, 4.69) is 41.4 Å². The topological polar surface area (TPSA) is 73.7 Å². The maximum atomic E-state index is 5.35. The minimum atomic E-state index is -0.548. The van der Waals surface area contributed by atoms with Crippen LogP contribution in [-0.4, -0.2) is 24.1 Å². The Balaban J connectivity index is 1.62. The van der Waals surface area contributed by atoms with Gasteiger partial charge in [-0.3, -0.25) is 0 Å². The molecular weight excluding hydrogens is 301 g/mol. The first-order valence-electron chi connectivity index (χ1n) is 9.05. The maximum Gasteiger partial charge on any atom is 0.494 e. The Bertz CT molecular complexity index is 597. The number of nitrogens with zero attached hydrogens (tertiary/aromatic N) is 1. The molecule has 1 aliphatic heterocycles. The molecule has 3 aliphatic carbocycles. The van der Waals surface area contributed by atoms with Gasteiger partial charge < -0.3 is 14.4 Å². The van der Waals surface area contributed by atoms with Gasteiger partial charge in [0.05, 0.1) is 6.04 Å². The molecule has 24 heavy (non-hydrogen) atoms. The molecular formula is C18H26BN3O2. The summed E-state index contributed by atoms with van der Waals surface area (Å²) >= 11 is 0. The lowest BCUT2D eigenvalue weighted by Crippen LogP contribution is -2.44. The van der Waals surface area contributed by atoms with Gasteiger partial charge in [0.15, 0.2) is 0 Å². The summed E-state index contributed by atoms with van der Waals surface area (Å²) in [7, 11) is -0.548. The smallest absolute Gasteiger partial charge is 0.358 e. The zero-order valence-corrected chi connectivity index (χ0v) is 14.0. The summed E-state index contributed by atoms with van der Waals surface area (Å²) in [5.41, 5.74) is 3.10. The van der Waals surface area contributed by atoms with Crippen LogP contribution in [0.4, 0.5) is 0 Å². The molecule has 1 heterocycles. The Kier molecular flexibility index (Phi) is 4.63. The Labute approximate surface area is 144 Å². The molecule has 0 aromatic carbocycles. The fraction of sp³-hybridized carbons (Fsp3) is 0.556. The molecule has 6 heteroatoms. The van der Waals surface area contributed by atoms with Crippen molar-refractivity contribution >= 4 is 7.12 Å². The van der Waals surface area contributed by atoms with Crippen LogP contribution in [0.5, 0.6) is 0 Å². The minimum absolute atomic E-state index is 0.179. The molecule has 0 saturated carbocycles. The van der Waals surface area contributed by atoms with Crippen molar-refractivity contribution in [1.82, 2.24) is 4.90 Å². The summed E-state index contributed by atoms with van der Waals surface area (Å²) in [6, 6.07) is 0.818. The normalized spacial score (nSPS) is 34.5. The van der Waals surface area contributed by atoms with E-state index >= 15 is 0 Å². The van der Waals surface area contributed by atoms with Crippen LogP contribution in [0, 0.1) is 5.92 Å². The first kappa shape index (κ1) is 16.2. The van der Waals surface area contributed by atoms with Crippen molar-refractivity contribution in [2.75, 3.05) is 0 Å². The first-order chi connectivity index (χ1) is 11.8. The van der Waals surface area contributed by atoms with E-state index in [1.54, 1.807) is 5.57 Å². The lowest BCUT2D eigenvalue weighted by Gasteiger charge is -2.40. The lowest BCUT2D eigenvalue weighted by atomic mass is 9.65. The highest BCUT2D eigenvalue weighted by Gasteiger charge is 2.44. The molecule has 4 rings (SSSR count). The first-order valence-corrected chi connectivity index (χ1v) is 9.05. The second-order valence-electron chi connectivity index (χ2n) is 7.23. The third kappa shape index (κ3) is 2.67. The molecule has 0 aromatic heterocycles. The van der Waals surface area contributed by atoms with E-state index in [9.17, 15) is 0 Å². The predicted molar refractivity (Wildman–Crippen MR) is 95.1 cm³/mol. The second-order valence-corrected chi connectivity index (χ2v) is 7.23. The number of rotatable bonds is 4. The summed E-state index contributed by atoms with van der Waals surface area (Å²) in [5, 5.41) is 0. The molecule has 0 spiro atoms. The van der Waals surface area contributed by atoms with Gasteiger partial charge in [-0.1, -0.05) is 30.4 Å². The largest absolute Gasteiger partial charge is 0.494 e. The summed E-state index contributed by atoms with van der Waals surface area (Å²) in [6.45, 7) is 0. The molecule has 4 aliphatic rings. The summed E-state index contributed by atoms with van der Waals surface area (Å²) in [4.78, 5) is 2.61. The Morgan fingerprint density at radius 3 is 2.79 bits per heavy atom. The molecule has 0 fully saturated rings. The summed E-state index contributed by atoms with van der Waals surface area (Å²) < 4.78 is 9.85. The highest BCUT2D eigenvalue weighted by molar-refractivity contribution is 6.46. The van der Waals surface area contributed by atoms with E-state index in [1.807, 2.05) is 0 Å². The highest BCUT2D eigenvalue weighted by Crippen LogP contribution is 2.47. The predicted octanol–water partition coefficient (Wildman–Crippen LogP) is 2.60. The third-order valence-electron chi connectivity index (χ3n) is 5.97. The van der Waals surface area contributed by atoms with Crippen molar-refractivity contribution in [1.29, 1.82) is 0 Å². The van der Waals surface area contributed by atoms with Gasteiger partial charge in [0.25, 0.3) is 0 Å². The van der Waals surface area contributed by atoms with E-state index in [-0.39, 0.29) is 5.82 Å². The van der Waals surface area contributed by atoms with E-state index in [1.165, 1.54) is 31.4 Å². The molecule has 5 nitrogen and oxygen atoms in total. The molecule has 4 atom stereocenters. The zero-order valence-electron chi connectivity index (χ0n) is 14.0. The van der Waals surface area contributed by atoms with Gasteiger partial charge in [-0.2, -0.15) is 0 Å². The quantitative estimate of drug-likeness (QED) is 0.472. The average molecular weight is 327 g/mol. The monoisotopic (exact) mass is 327 g/mol. The molecule has 0 amide bonds. The van der Waals surface area contributed by atoms with E-state index in [0.717, 1.165) is 12.8 Å². The van der Waals surface area contributed by atoms with Crippen LogP contribution in [0.15, 0.2) is 47.7 Å². The van der Waals surface area contributed by atoms with Gasteiger partial charge in [0, 0.05) is 23.5 Å². The van der Waals surface area contributed by atoms with E-state index in [0.29, 0.717) is 18.0 Å². The van der Waals surface area contributed by atoms with Gasteiger partial charge in [-0.15, -0.1) is 0 Å². The average Bonchev–Trinajstić information content (AvgIpc) is 2.98. The van der Waals surface area contributed by atoms with Crippen molar-refractivity contribution in [2.24, 2.45) is 17.7 Å². The number of allylic oxidation sites excluding steroid dienone is 4. The SMILES string of the molecule is NOB(ON)C1CC=CC(N2C3=C(CCC=C3)C3CCC=CC32)C1. The summed E-state index contributed by atoms with van der Waals surface area (Å²) in [6.07, 6.45) is 20.6. The van der Waals surface area contributed by atoms with Crippen LogP contribution in [0.1, 0.15) is 38.5 Å². The Hall–Kier alpha value is -1.34. The van der Waals surface area contributed by atoms with Gasteiger partial charge in [0.1, 0.15) is 0 Å². The third-order valence-corrected chi connectivity index (χ3v) is 5.97. The number of fused-ring (bicyclic) bond motifs is 2. The van der Waals surface area contributed by atoms with Crippen LogP contribution < -0.4 is 11.8 Å². The minimum Gasteiger partial charge on any atom is -0.358 e. The molecule has 0 aromatic rings. The van der Waals surface area contributed by atoms with Crippen LogP contribution in [0.25, 0.3) is 0 Å². The highest BCUT2D eigenvalue weighted by atomic mass is 16.7. The van der Waals surface area contributed by atoms with Crippen molar-refractivity contribution in [3.05, 3.63) is 47.7 Å². The van der Waals surface area contributed by atoms with Crippen molar-refractivity contribution in [3.8, 4) is 0 Å². The second kappa shape index (κ2) is 6.88. The van der Waals surface area contributed by atoms with Crippen molar-refractivity contribution in [2.45, 2.75) is 56.4 Å². The van der Waals surface area contributed by atoms with E-state index in [4.69, 9.17) is 21.3 Å². The fourth-order valence-corrected chi connectivity index (χ4v) is 4.92. The van der Waals surface area contributed by atoms with Gasteiger partial charge in [-0.25, -0.2) is 11.8 Å².